The summed E-state index contributed by atoms with van der Waals surface area (Å²) in [5.41, 5.74) is 3.64. The lowest BCUT2D eigenvalue weighted by atomic mass is 9.95. The van der Waals surface area contributed by atoms with Gasteiger partial charge in [-0.2, -0.15) is 0 Å². The Morgan fingerprint density at radius 1 is 1.00 bits per heavy atom. The van der Waals surface area contributed by atoms with E-state index >= 15 is 0 Å². The minimum atomic E-state index is -1.75. The Balaban J connectivity index is 2.08. The smallest absolute Gasteiger partial charge is 0.205 e. The van der Waals surface area contributed by atoms with Gasteiger partial charge in [-0.05, 0) is 35.4 Å². The first-order valence-electron chi connectivity index (χ1n) is 8.30. The van der Waals surface area contributed by atoms with E-state index in [4.69, 9.17) is 4.43 Å². The van der Waals surface area contributed by atoms with Gasteiger partial charge < -0.3 is 4.43 Å². The molecule has 0 aromatic heterocycles. The third-order valence-electron chi connectivity index (χ3n) is 5.74. The summed E-state index contributed by atoms with van der Waals surface area (Å²) in [4.78, 5) is 0. The monoisotopic (exact) mass is 288 g/mol. The summed E-state index contributed by atoms with van der Waals surface area (Å²) in [5, 5.41) is 0. The van der Waals surface area contributed by atoms with E-state index in [-0.39, 0.29) is 0 Å². The van der Waals surface area contributed by atoms with E-state index < -0.39 is 8.32 Å². The molecule has 2 fully saturated rings. The van der Waals surface area contributed by atoms with Crippen molar-refractivity contribution in [2.45, 2.75) is 69.7 Å². The Bertz CT molecular complexity index is 446. The van der Waals surface area contributed by atoms with Gasteiger partial charge in [-0.25, -0.2) is 0 Å². The average molecular weight is 289 g/mol. The summed E-state index contributed by atoms with van der Waals surface area (Å²) in [5.74, 6) is 0.786. The molecule has 0 bridgehead atoms. The van der Waals surface area contributed by atoms with Gasteiger partial charge in [-0.1, -0.05) is 64.4 Å². The van der Waals surface area contributed by atoms with Crippen LogP contribution in [-0.2, 0) is 4.43 Å². The van der Waals surface area contributed by atoms with Gasteiger partial charge in [0.05, 0.1) is 0 Å². The lowest BCUT2D eigenvalue weighted by Gasteiger charge is -2.41. The van der Waals surface area contributed by atoms with Crippen molar-refractivity contribution in [3.63, 3.8) is 0 Å². The van der Waals surface area contributed by atoms with Crippen molar-refractivity contribution in [2.75, 3.05) is 0 Å². The number of fused-ring (bicyclic) bond motifs is 1. The summed E-state index contributed by atoms with van der Waals surface area (Å²) in [6.07, 6.45) is 4.58. The number of rotatable bonds is 3. The highest BCUT2D eigenvalue weighted by atomic mass is 28.4. The zero-order valence-electron chi connectivity index (χ0n) is 13.3. The quantitative estimate of drug-likeness (QED) is 0.688. The fourth-order valence-corrected chi connectivity index (χ4v) is 11.0. The molecule has 0 unspecified atom stereocenters. The molecule has 0 N–H and O–H groups in total. The number of hydrogen-bond donors (Lipinski definition) is 0. The molecule has 0 radical (unpaired) electrons. The van der Waals surface area contributed by atoms with E-state index in [1.807, 2.05) is 0 Å². The fourth-order valence-electron chi connectivity index (χ4n) is 4.98. The summed E-state index contributed by atoms with van der Waals surface area (Å²) in [7, 11) is -1.75. The molecule has 0 amide bonds. The maximum atomic E-state index is 6.90. The van der Waals surface area contributed by atoms with E-state index in [0.717, 1.165) is 5.92 Å². The predicted octanol–water partition coefficient (Wildman–Crippen LogP) is 5.27. The largest absolute Gasteiger partial charge is 0.412 e. The molecule has 1 saturated heterocycles. The van der Waals surface area contributed by atoms with E-state index in [1.165, 1.54) is 19.3 Å². The molecular weight excluding hydrogens is 260 g/mol. The second-order valence-electron chi connectivity index (χ2n) is 7.30. The van der Waals surface area contributed by atoms with Crippen LogP contribution in [0, 0.1) is 5.92 Å². The first-order valence-corrected chi connectivity index (χ1v) is 10.4. The van der Waals surface area contributed by atoms with Crippen LogP contribution in [0.15, 0.2) is 30.3 Å². The fraction of sp³-hybridized carbons (Fsp3) is 0.667. The molecule has 3 rings (SSSR count). The van der Waals surface area contributed by atoms with E-state index in [1.54, 1.807) is 5.56 Å². The second-order valence-corrected chi connectivity index (χ2v) is 12.2. The molecular formula is C18H28OSi. The van der Waals surface area contributed by atoms with Crippen molar-refractivity contribution < 1.29 is 4.43 Å². The van der Waals surface area contributed by atoms with Gasteiger partial charge in [0.2, 0.25) is 8.32 Å². The summed E-state index contributed by atoms with van der Waals surface area (Å²) in [6, 6.07) is 11.2. The van der Waals surface area contributed by atoms with Crippen molar-refractivity contribution >= 4 is 8.32 Å². The molecule has 1 nitrogen and oxygen atoms in total. The van der Waals surface area contributed by atoms with E-state index in [0.29, 0.717) is 22.7 Å². The summed E-state index contributed by atoms with van der Waals surface area (Å²) < 4.78 is 6.90. The predicted molar refractivity (Wildman–Crippen MR) is 87.3 cm³/mol. The van der Waals surface area contributed by atoms with Crippen molar-refractivity contribution in [1.29, 1.82) is 0 Å². The molecule has 1 saturated carbocycles. The molecule has 2 aliphatic rings. The first-order chi connectivity index (χ1) is 9.57. The number of hydrogen-bond acceptors (Lipinski definition) is 1. The minimum absolute atomic E-state index is 0.552. The summed E-state index contributed by atoms with van der Waals surface area (Å²) in [6.45, 7) is 9.62. The van der Waals surface area contributed by atoms with Crippen LogP contribution in [0.25, 0.3) is 0 Å². The van der Waals surface area contributed by atoms with E-state index in [2.05, 4.69) is 58.0 Å². The van der Waals surface area contributed by atoms with Crippen molar-refractivity contribution in [2.24, 2.45) is 5.92 Å². The van der Waals surface area contributed by atoms with E-state index in [9.17, 15) is 0 Å². The van der Waals surface area contributed by atoms with Gasteiger partial charge in [-0.3, -0.25) is 0 Å². The van der Waals surface area contributed by atoms with Gasteiger partial charge in [0.1, 0.15) is 0 Å². The Labute approximate surface area is 124 Å². The average Bonchev–Trinajstić information content (AvgIpc) is 2.97. The van der Waals surface area contributed by atoms with Gasteiger partial charge in [-0.15, -0.1) is 0 Å². The molecule has 1 aromatic carbocycles. The van der Waals surface area contributed by atoms with Gasteiger partial charge in [0.15, 0.2) is 0 Å². The lowest BCUT2D eigenvalue weighted by molar-refractivity contribution is 0.190. The highest BCUT2D eigenvalue weighted by molar-refractivity contribution is 6.78. The van der Waals surface area contributed by atoms with Gasteiger partial charge in [0.25, 0.3) is 0 Å². The molecule has 1 heterocycles. The molecule has 1 aliphatic carbocycles. The minimum Gasteiger partial charge on any atom is -0.412 e. The van der Waals surface area contributed by atoms with Crippen LogP contribution in [0.5, 0.6) is 0 Å². The third kappa shape index (κ3) is 2.00. The normalized spacial score (nSPS) is 32.0. The van der Waals surface area contributed by atoms with Crippen LogP contribution < -0.4 is 0 Å². The third-order valence-corrected chi connectivity index (χ3v) is 11.8. The van der Waals surface area contributed by atoms with Crippen LogP contribution in [-0.4, -0.2) is 14.4 Å². The molecule has 110 valence electrons. The Hall–Kier alpha value is -0.603. The van der Waals surface area contributed by atoms with Crippen molar-refractivity contribution in [3.05, 3.63) is 35.9 Å². The van der Waals surface area contributed by atoms with Gasteiger partial charge in [0, 0.05) is 11.6 Å². The highest BCUT2D eigenvalue weighted by Crippen LogP contribution is 2.58. The zero-order valence-corrected chi connectivity index (χ0v) is 14.3. The van der Waals surface area contributed by atoms with Crippen LogP contribution in [0.3, 0.4) is 0 Å². The van der Waals surface area contributed by atoms with Crippen molar-refractivity contribution in [1.82, 2.24) is 0 Å². The molecule has 2 heteroatoms. The topological polar surface area (TPSA) is 9.23 Å². The second kappa shape index (κ2) is 5.30. The molecule has 20 heavy (non-hydrogen) atoms. The first kappa shape index (κ1) is 14.3. The molecule has 3 atom stereocenters. The van der Waals surface area contributed by atoms with Crippen LogP contribution >= 0.6 is 0 Å². The molecule has 1 aromatic rings. The molecule has 1 aliphatic heterocycles. The molecule has 0 spiro atoms. The Morgan fingerprint density at radius 3 is 2.25 bits per heavy atom. The van der Waals surface area contributed by atoms with Crippen LogP contribution in [0.2, 0.25) is 11.1 Å². The van der Waals surface area contributed by atoms with Crippen LogP contribution in [0.4, 0.5) is 0 Å². The SMILES string of the molecule is CC(C)[Si]1(C(C)C)O[C@@H]2CCC[C@@H]2[C@@H]1c1ccccc1. The maximum absolute atomic E-state index is 6.90. The summed E-state index contributed by atoms with van der Waals surface area (Å²) >= 11 is 0. The number of benzene rings is 1. The Morgan fingerprint density at radius 2 is 1.65 bits per heavy atom. The zero-order chi connectivity index (χ0) is 14.3. The highest BCUT2D eigenvalue weighted by Gasteiger charge is 2.61. The Kier molecular flexibility index (Phi) is 3.80. The standard InChI is InChI=1S/C18H28OSi/c1-13(2)20(14(3)4)18(15-9-6-5-7-10-15)16-11-8-12-17(16)19-20/h5-7,9-10,13-14,16-18H,8,11-12H2,1-4H3/t16-,17+,18-/m0/s1. The maximum Gasteiger partial charge on any atom is 0.205 e. The van der Waals surface area contributed by atoms with Crippen molar-refractivity contribution in [3.8, 4) is 0 Å². The lowest BCUT2D eigenvalue weighted by Crippen LogP contribution is -2.47. The van der Waals surface area contributed by atoms with Crippen LogP contribution in [0.1, 0.15) is 58.1 Å². The van der Waals surface area contributed by atoms with Gasteiger partial charge >= 0.3 is 0 Å².